The number of anilines is 1. The highest BCUT2D eigenvalue weighted by atomic mass is 35.5. The summed E-state index contributed by atoms with van der Waals surface area (Å²) in [6.45, 7) is -0.561. The highest BCUT2D eigenvalue weighted by Crippen LogP contribution is 2.27. The van der Waals surface area contributed by atoms with Gasteiger partial charge in [0.1, 0.15) is 18.2 Å². The van der Waals surface area contributed by atoms with Gasteiger partial charge in [0, 0.05) is 6.54 Å². The molecule has 0 fully saturated rings. The topological polar surface area (TPSA) is 66.5 Å². The van der Waals surface area contributed by atoms with E-state index >= 15 is 0 Å². The molecule has 0 unspecified atom stereocenters. The first-order chi connectivity index (χ1) is 14.3. The molecule has 3 aromatic carbocycles. The molecule has 0 bridgehead atoms. The maximum Gasteiger partial charge on any atom is 0.264 e. The Labute approximate surface area is 178 Å². The van der Waals surface area contributed by atoms with Crippen molar-refractivity contribution in [1.82, 2.24) is 5.32 Å². The van der Waals surface area contributed by atoms with Gasteiger partial charge in [-0.1, -0.05) is 41.9 Å². The predicted octanol–water partition coefficient (Wildman–Crippen LogP) is 4.13. The number of benzene rings is 3. The van der Waals surface area contributed by atoms with Gasteiger partial charge in [0.15, 0.2) is 0 Å². The lowest BCUT2D eigenvalue weighted by molar-refractivity contribution is -0.119. The molecule has 0 aliphatic carbocycles. The minimum atomic E-state index is -4.14. The molecule has 0 aliphatic heterocycles. The van der Waals surface area contributed by atoms with Crippen LogP contribution in [-0.2, 0) is 21.4 Å². The molecule has 30 heavy (non-hydrogen) atoms. The third-order valence-electron chi connectivity index (χ3n) is 4.19. The van der Waals surface area contributed by atoms with Gasteiger partial charge in [0.2, 0.25) is 5.91 Å². The highest BCUT2D eigenvalue weighted by molar-refractivity contribution is 7.92. The van der Waals surface area contributed by atoms with Crippen LogP contribution in [0.25, 0.3) is 0 Å². The Morgan fingerprint density at radius 3 is 2.37 bits per heavy atom. The van der Waals surface area contributed by atoms with Crippen LogP contribution in [0.1, 0.15) is 5.56 Å². The van der Waals surface area contributed by atoms with Gasteiger partial charge in [-0.2, -0.15) is 0 Å². The van der Waals surface area contributed by atoms with Crippen molar-refractivity contribution < 1.29 is 22.0 Å². The number of amides is 1. The molecule has 3 rings (SSSR count). The zero-order chi connectivity index (χ0) is 21.7. The van der Waals surface area contributed by atoms with Crippen molar-refractivity contribution in [3.05, 3.63) is 95.0 Å². The lowest BCUT2D eigenvalue weighted by atomic mass is 10.2. The van der Waals surface area contributed by atoms with Crippen LogP contribution in [0.4, 0.5) is 14.5 Å². The summed E-state index contributed by atoms with van der Waals surface area (Å²) in [6, 6.07) is 16.6. The average Bonchev–Trinajstić information content (AvgIpc) is 2.73. The van der Waals surface area contributed by atoms with E-state index in [4.69, 9.17) is 11.6 Å². The fourth-order valence-electron chi connectivity index (χ4n) is 2.71. The molecule has 0 aromatic heterocycles. The fraction of sp³-hybridized carbons (Fsp3) is 0.0952. The smallest absolute Gasteiger partial charge is 0.264 e. The Bertz CT molecular complexity index is 1160. The van der Waals surface area contributed by atoms with E-state index in [1.807, 2.05) is 0 Å². The summed E-state index contributed by atoms with van der Waals surface area (Å²) in [7, 11) is -4.14. The van der Waals surface area contributed by atoms with Gasteiger partial charge < -0.3 is 5.32 Å². The van der Waals surface area contributed by atoms with Crippen LogP contribution in [0, 0.1) is 11.6 Å². The van der Waals surface area contributed by atoms with Gasteiger partial charge in [0.05, 0.1) is 15.6 Å². The van der Waals surface area contributed by atoms with Crippen molar-refractivity contribution in [3.63, 3.8) is 0 Å². The van der Waals surface area contributed by atoms with Crippen LogP contribution in [-0.4, -0.2) is 20.9 Å². The van der Waals surface area contributed by atoms with E-state index in [0.717, 1.165) is 16.4 Å². The molecule has 0 saturated heterocycles. The Balaban J connectivity index is 1.87. The van der Waals surface area contributed by atoms with E-state index in [2.05, 4.69) is 5.32 Å². The Hall–Kier alpha value is -2.97. The van der Waals surface area contributed by atoms with Crippen molar-refractivity contribution in [3.8, 4) is 0 Å². The molecule has 0 spiro atoms. The van der Waals surface area contributed by atoms with Gasteiger partial charge in [0.25, 0.3) is 10.0 Å². The van der Waals surface area contributed by atoms with Crippen molar-refractivity contribution in [2.24, 2.45) is 0 Å². The van der Waals surface area contributed by atoms with Crippen LogP contribution in [0.2, 0.25) is 5.02 Å². The second kappa shape index (κ2) is 9.23. The minimum absolute atomic E-state index is 0.0139. The van der Waals surface area contributed by atoms with E-state index in [0.29, 0.717) is 5.56 Å². The predicted molar refractivity (Wildman–Crippen MR) is 111 cm³/mol. The van der Waals surface area contributed by atoms with Gasteiger partial charge in [-0.25, -0.2) is 17.2 Å². The van der Waals surface area contributed by atoms with Crippen molar-refractivity contribution in [2.75, 3.05) is 10.8 Å². The summed E-state index contributed by atoms with van der Waals surface area (Å²) in [5.41, 5.74) is 0.553. The molecule has 9 heteroatoms. The second-order valence-electron chi connectivity index (χ2n) is 6.33. The van der Waals surface area contributed by atoms with E-state index in [9.17, 15) is 22.0 Å². The number of hydrogen-bond donors (Lipinski definition) is 1. The van der Waals surface area contributed by atoms with Crippen molar-refractivity contribution in [2.45, 2.75) is 11.4 Å². The average molecular weight is 451 g/mol. The zero-order valence-corrected chi connectivity index (χ0v) is 17.1. The maximum absolute atomic E-state index is 13.6. The monoisotopic (exact) mass is 450 g/mol. The zero-order valence-electron chi connectivity index (χ0n) is 15.6. The molecule has 156 valence electrons. The lowest BCUT2D eigenvalue weighted by Crippen LogP contribution is -2.40. The van der Waals surface area contributed by atoms with Gasteiger partial charge in [-0.15, -0.1) is 0 Å². The van der Waals surface area contributed by atoms with Gasteiger partial charge in [-0.05, 0) is 48.0 Å². The van der Waals surface area contributed by atoms with Crippen LogP contribution in [0.15, 0.2) is 77.7 Å². The molecule has 0 atom stereocenters. The number of carbonyl (C=O) groups is 1. The molecule has 0 heterocycles. The number of carbonyl (C=O) groups excluding carboxylic acids is 1. The number of rotatable bonds is 7. The summed E-state index contributed by atoms with van der Waals surface area (Å²) < 4.78 is 54.0. The fourth-order valence-corrected chi connectivity index (χ4v) is 4.32. The first-order valence-electron chi connectivity index (χ1n) is 8.81. The standard InChI is InChI=1S/C21H17ClF2N2O3S/c22-19-12-17(9-10-20(19)24)26(30(28,29)18-7-2-1-3-8-18)14-21(27)25-13-15-5-4-6-16(23)11-15/h1-12H,13-14H2,(H,25,27). The normalized spacial score (nSPS) is 11.2. The summed E-state index contributed by atoms with van der Waals surface area (Å²) in [5.74, 6) is -1.79. The van der Waals surface area contributed by atoms with Crippen LogP contribution in [0.5, 0.6) is 0 Å². The van der Waals surface area contributed by atoms with E-state index in [1.165, 1.54) is 36.4 Å². The highest BCUT2D eigenvalue weighted by Gasteiger charge is 2.27. The maximum atomic E-state index is 13.6. The molecule has 1 amide bonds. The molecule has 0 aliphatic rings. The summed E-state index contributed by atoms with van der Waals surface area (Å²) in [4.78, 5) is 12.5. The van der Waals surface area contributed by atoms with Crippen LogP contribution >= 0.6 is 11.6 Å². The van der Waals surface area contributed by atoms with E-state index in [-0.39, 0.29) is 22.2 Å². The van der Waals surface area contributed by atoms with Crippen molar-refractivity contribution >= 4 is 33.2 Å². The number of halogens is 3. The minimum Gasteiger partial charge on any atom is -0.350 e. The molecule has 0 radical (unpaired) electrons. The van der Waals surface area contributed by atoms with Crippen LogP contribution in [0.3, 0.4) is 0 Å². The van der Waals surface area contributed by atoms with Crippen LogP contribution < -0.4 is 9.62 Å². The summed E-state index contributed by atoms with van der Waals surface area (Å²) in [6.07, 6.45) is 0. The third kappa shape index (κ3) is 5.14. The number of nitrogens with one attached hydrogen (secondary N) is 1. The van der Waals surface area contributed by atoms with E-state index in [1.54, 1.807) is 24.3 Å². The number of nitrogens with zero attached hydrogens (tertiary/aromatic N) is 1. The Morgan fingerprint density at radius 1 is 0.967 bits per heavy atom. The molecule has 3 aromatic rings. The molecule has 0 saturated carbocycles. The third-order valence-corrected chi connectivity index (χ3v) is 6.27. The summed E-state index contributed by atoms with van der Waals surface area (Å²) in [5, 5.41) is 2.28. The molecule has 5 nitrogen and oxygen atoms in total. The SMILES string of the molecule is O=C(CN(c1ccc(F)c(Cl)c1)S(=O)(=O)c1ccccc1)NCc1cccc(F)c1. The largest absolute Gasteiger partial charge is 0.350 e. The lowest BCUT2D eigenvalue weighted by Gasteiger charge is -2.24. The van der Waals surface area contributed by atoms with Crippen molar-refractivity contribution in [1.29, 1.82) is 0 Å². The quantitative estimate of drug-likeness (QED) is 0.588. The van der Waals surface area contributed by atoms with E-state index < -0.39 is 34.1 Å². The molecular weight excluding hydrogens is 434 g/mol. The number of sulfonamides is 1. The number of hydrogen-bond acceptors (Lipinski definition) is 3. The summed E-state index contributed by atoms with van der Waals surface area (Å²) >= 11 is 5.81. The second-order valence-corrected chi connectivity index (χ2v) is 8.60. The van der Waals surface area contributed by atoms with Gasteiger partial charge in [-0.3, -0.25) is 9.10 Å². The molecule has 1 N–H and O–H groups in total. The Morgan fingerprint density at radius 2 is 1.70 bits per heavy atom. The first kappa shape index (κ1) is 21.7. The Kier molecular flexibility index (Phi) is 6.69. The van der Waals surface area contributed by atoms with Gasteiger partial charge >= 0.3 is 0 Å². The molecular formula is C21H17ClF2N2O3S. The first-order valence-corrected chi connectivity index (χ1v) is 10.6.